The highest BCUT2D eigenvalue weighted by Crippen LogP contribution is 2.20. The second-order valence-electron chi connectivity index (χ2n) is 4.57. The van der Waals surface area contributed by atoms with E-state index in [1.54, 1.807) is 24.3 Å². The van der Waals surface area contributed by atoms with Gasteiger partial charge in [-0.2, -0.15) is 0 Å². The Bertz CT molecular complexity index is 632. The molecule has 4 nitrogen and oxygen atoms in total. The first-order chi connectivity index (χ1) is 10.6. The smallest absolute Gasteiger partial charge is 0.243 e. The Balaban J connectivity index is 1.82. The Hall–Kier alpha value is -1.85. The third kappa shape index (κ3) is 4.86. The highest BCUT2D eigenvalue weighted by atomic mass is 79.9. The van der Waals surface area contributed by atoms with Crippen LogP contribution in [-0.4, -0.2) is 18.4 Å². The number of carbonyl (C=O) groups is 2. The fourth-order valence-electron chi connectivity index (χ4n) is 1.81. The summed E-state index contributed by atoms with van der Waals surface area (Å²) in [5.74, 6) is -0.546. The molecule has 0 spiro atoms. The molecule has 22 heavy (non-hydrogen) atoms. The van der Waals surface area contributed by atoms with Gasteiger partial charge >= 0.3 is 0 Å². The topological polar surface area (TPSA) is 58.2 Å². The summed E-state index contributed by atoms with van der Waals surface area (Å²) in [5, 5.41) is 5.82. The summed E-state index contributed by atoms with van der Waals surface area (Å²) in [5.41, 5.74) is 1.39. The van der Waals surface area contributed by atoms with Crippen molar-refractivity contribution in [1.29, 1.82) is 0 Å². The fourth-order valence-corrected chi connectivity index (χ4v) is 2.40. The van der Waals surface area contributed by atoms with E-state index in [2.05, 4.69) is 26.6 Å². The molecule has 0 aliphatic heterocycles. The predicted molar refractivity (Wildman–Crippen MR) is 90.9 cm³/mol. The first-order valence-corrected chi connectivity index (χ1v) is 7.78. The molecule has 2 aromatic rings. The van der Waals surface area contributed by atoms with Crippen molar-refractivity contribution < 1.29 is 9.59 Å². The number of nitrogens with one attached hydrogen (secondary N) is 2. The molecule has 0 aliphatic carbocycles. The molecule has 2 N–H and O–H groups in total. The number of amides is 2. The minimum Gasteiger partial charge on any atom is -0.347 e. The maximum Gasteiger partial charge on any atom is 0.243 e. The van der Waals surface area contributed by atoms with Crippen LogP contribution in [0.4, 0.5) is 5.69 Å². The first kappa shape index (κ1) is 16.5. The average molecular weight is 382 g/mol. The Morgan fingerprint density at radius 1 is 1.00 bits per heavy atom. The van der Waals surface area contributed by atoms with E-state index in [0.717, 1.165) is 10.0 Å². The van der Waals surface area contributed by atoms with Crippen molar-refractivity contribution in [2.24, 2.45) is 0 Å². The number of hydrogen-bond acceptors (Lipinski definition) is 2. The monoisotopic (exact) mass is 380 g/mol. The highest BCUT2D eigenvalue weighted by Gasteiger charge is 2.09. The lowest BCUT2D eigenvalue weighted by molar-refractivity contribution is -0.123. The molecule has 0 fully saturated rings. The van der Waals surface area contributed by atoms with Crippen LogP contribution in [0.3, 0.4) is 0 Å². The molecule has 0 bridgehead atoms. The van der Waals surface area contributed by atoms with Crippen molar-refractivity contribution in [1.82, 2.24) is 5.32 Å². The van der Waals surface area contributed by atoms with Crippen molar-refractivity contribution in [2.75, 3.05) is 11.9 Å². The fraction of sp³-hybridized carbons (Fsp3) is 0.125. The summed E-state index contributed by atoms with van der Waals surface area (Å²) in [7, 11) is 0. The summed E-state index contributed by atoms with van der Waals surface area (Å²) < 4.78 is 0.783. The number of anilines is 1. The highest BCUT2D eigenvalue weighted by molar-refractivity contribution is 9.10. The van der Waals surface area contributed by atoms with E-state index in [1.165, 1.54) is 0 Å². The number of para-hydroxylation sites is 1. The van der Waals surface area contributed by atoms with Gasteiger partial charge in [0, 0.05) is 9.50 Å². The van der Waals surface area contributed by atoms with Gasteiger partial charge in [0.2, 0.25) is 11.8 Å². The largest absolute Gasteiger partial charge is 0.347 e. The molecule has 2 rings (SSSR count). The second kappa shape index (κ2) is 7.96. The van der Waals surface area contributed by atoms with Crippen LogP contribution < -0.4 is 10.6 Å². The van der Waals surface area contributed by atoms with E-state index in [-0.39, 0.29) is 24.8 Å². The molecule has 2 amide bonds. The van der Waals surface area contributed by atoms with Crippen LogP contribution in [0.2, 0.25) is 5.02 Å². The number of hydrogen-bond donors (Lipinski definition) is 2. The lowest BCUT2D eigenvalue weighted by Crippen LogP contribution is -2.33. The first-order valence-electron chi connectivity index (χ1n) is 6.61. The average Bonchev–Trinajstić information content (AvgIpc) is 2.50. The van der Waals surface area contributed by atoms with E-state index < -0.39 is 0 Å². The molecular weight excluding hydrogens is 368 g/mol. The van der Waals surface area contributed by atoms with Gasteiger partial charge in [-0.25, -0.2) is 0 Å². The van der Waals surface area contributed by atoms with Gasteiger partial charge in [-0.15, -0.1) is 0 Å². The molecule has 0 atom stereocenters. The van der Waals surface area contributed by atoms with Gasteiger partial charge in [0.1, 0.15) is 0 Å². The van der Waals surface area contributed by atoms with Gasteiger partial charge in [-0.05, 0) is 39.7 Å². The maximum atomic E-state index is 11.8. The number of benzene rings is 2. The van der Waals surface area contributed by atoms with Crippen molar-refractivity contribution in [2.45, 2.75) is 6.42 Å². The lowest BCUT2D eigenvalue weighted by atomic mass is 10.1. The molecule has 2 aromatic carbocycles. The summed E-state index contributed by atoms with van der Waals surface area (Å²) in [6, 6.07) is 14.4. The molecule has 0 aromatic heterocycles. The van der Waals surface area contributed by atoms with E-state index in [9.17, 15) is 9.59 Å². The van der Waals surface area contributed by atoms with E-state index in [0.29, 0.717) is 10.7 Å². The molecule has 0 radical (unpaired) electrons. The molecule has 114 valence electrons. The van der Waals surface area contributed by atoms with Crippen LogP contribution in [0.5, 0.6) is 0 Å². The third-order valence-electron chi connectivity index (χ3n) is 2.90. The van der Waals surface area contributed by atoms with E-state index in [4.69, 9.17) is 11.6 Å². The Morgan fingerprint density at radius 2 is 1.68 bits per heavy atom. The summed E-state index contributed by atoms with van der Waals surface area (Å²) >= 11 is 9.33. The van der Waals surface area contributed by atoms with Crippen LogP contribution in [0.1, 0.15) is 5.56 Å². The Labute approximate surface area is 142 Å². The molecule has 0 heterocycles. The van der Waals surface area contributed by atoms with E-state index >= 15 is 0 Å². The van der Waals surface area contributed by atoms with Crippen LogP contribution in [0, 0.1) is 0 Å². The lowest BCUT2D eigenvalue weighted by Gasteiger charge is -2.09. The quantitative estimate of drug-likeness (QED) is 0.834. The minimum atomic E-state index is -0.292. The molecular formula is C16H14BrClN2O2. The number of rotatable bonds is 5. The summed E-state index contributed by atoms with van der Waals surface area (Å²) in [6.07, 6.45) is 0.141. The van der Waals surface area contributed by atoms with Crippen LogP contribution in [0.15, 0.2) is 53.0 Å². The predicted octanol–water partition coefficient (Wildman–Crippen LogP) is 3.40. The normalized spacial score (nSPS) is 10.1. The zero-order chi connectivity index (χ0) is 15.9. The molecule has 0 aliphatic rings. The van der Waals surface area contributed by atoms with Gasteiger partial charge in [-0.1, -0.05) is 41.9 Å². The molecule has 0 unspecified atom stereocenters. The standard InChI is InChI=1S/C16H14BrClN2O2/c17-12-6-2-4-8-14(12)20-16(22)10-19-15(21)9-11-5-1-3-7-13(11)18/h1-8H,9-10H2,(H,19,21)(H,20,22). The van der Waals surface area contributed by atoms with Gasteiger partial charge in [-0.3, -0.25) is 9.59 Å². The van der Waals surface area contributed by atoms with Crippen molar-refractivity contribution >= 4 is 45.0 Å². The van der Waals surface area contributed by atoms with Gasteiger partial charge in [0.05, 0.1) is 18.7 Å². The van der Waals surface area contributed by atoms with Crippen LogP contribution in [-0.2, 0) is 16.0 Å². The van der Waals surface area contributed by atoms with Gasteiger partial charge in [0.15, 0.2) is 0 Å². The van der Waals surface area contributed by atoms with Crippen molar-refractivity contribution in [3.8, 4) is 0 Å². The molecule has 6 heteroatoms. The minimum absolute atomic E-state index is 0.0926. The summed E-state index contributed by atoms with van der Waals surface area (Å²) in [6.45, 7) is -0.0926. The van der Waals surface area contributed by atoms with Crippen LogP contribution >= 0.6 is 27.5 Å². The van der Waals surface area contributed by atoms with E-state index in [1.807, 2.05) is 24.3 Å². The van der Waals surface area contributed by atoms with Crippen molar-refractivity contribution in [3.05, 3.63) is 63.6 Å². The maximum absolute atomic E-state index is 11.8. The molecule has 0 saturated heterocycles. The number of carbonyl (C=O) groups excluding carboxylic acids is 2. The second-order valence-corrected chi connectivity index (χ2v) is 5.83. The Kier molecular flexibility index (Phi) is 5.98. The zero-order valence-corrected chi connectivity index (χ0v) is 13.9. The zero-order valence-electron chi connectivity index (χ0n) is 11.6. The summed E-state index contributed by atoms with van der Waals surface area (Å²) in [4.78, 5) is 23.6. The van der Waals surface area contributed by atoms with Crippen LogP contribution in [0.25, 0.3) is 0 Å². The SMILES string of the molecule is O=C(Cc1ccccc1Cl)NCC(=O)Nc1ccccc1Br. The Morgan fingerprint density at radius 3 is 2.41 bits per heavy atom. The number of halogens is 2. The molecule has 0 saturated carbocycles. The van der Waals surface area contributed by atoms with Crippen molar-refractivity contribution in [3.63, 3.8) is 0 Å². The third-order valence-corrected chi connectivity index (χ3v) is 3.96. The van der Waals surface area contributed by atoms with Gasteiger partial charge in [0.25, 0.3) is 0 Å². The van der Waals surface area contributed by atoms with Gasteiger partial charge < -0.3 is 10.6 Å².